The first-order chi connectivity index (χ1) is 13.3. The van der Waals surface area contributed by atoms with E-state index in [9.17, 15) is 19.0 Å². The number of nitrogen functional groups attached to an aromatic ring is 1. The first-order valence-corrected chi connectivity index (χ1v) is 10.1. The number of esters is 1. The number of halogens is 2. The predicted molar refractivity (Wildman–Crippen MR) is 98.3 cm³/mol. The van der Waals surface area contributed by atoms with Crippen LogP contribution in [0.1, 0.15) is 13.3 Å². The van der Waals surface area contributed by atoms with Gasteiger partial charge in [0, 0.05) is 6.42 Å². The fourth-order valence-corrected chi connectivity index (χ4v) is 3.64. The molecule has 1 aromatic rings. The highest BCUT2D eigenvalue weighted by Gasteiger charge is 2.43. The van der Waals surface area contributed by atoms with Gasteiger partial charge in [0.2, 0.25) is 19.5 Å². The Kier molecular flexibility index (Phi) is 6.69. The van der Waals surface area contributed by atoms with Crippen molar-refractivity contribution < 1.29 is 33.2 Å². The molecule has 4 atom stereocenters. The highest BCUT2D eigenvalue weighted by Crippen LogP contribution is 2.39. The minimum Gasteiger partial charge on any atom is -0.464 e. The van der Waals surface area contributed by atoms with Crippen molar-refractivity contribution >= 4 is 43.3 Å². The first kappa shape index (κ1) is 21.2. The summed E-state index contributed by atoms with van der Waals surface area (Å²) >= 11 is 5.83. The van der Waals surface area contributed by atoms with Crippen LogP contribution >= 0.6 is 20.0 Å². The average molecular weight is 440 g/mol. The van der Waals surface area contributed by atoms with Crippen LogP contribution in [0.25, 0.3) is 0 Å². The lowest BCUT2D eigenvalue weighted by molar-refractivity contribution is -0.153. The summed E-state index contributed by atoms with van der Waals surface area (Å²) in [4.78, 5) is 39.8. The summed E-state index contributed by atoms with van der Waals surface area (Å²) in [6, 6.07) is 0. The molecule has 0 radical (unpaired) electrons. The summed E-state index contributed by atoms with van der Waals surface area (Å²) in [5.41, 5.74) is 6.23. The van der Waals surface area contributed by atoms with E-state index >= 15 is 0 Å². The quantitative estimate of drug-likeness (QED) is 0.268. The Morgan fingerprint density at radius 1 is 1.57 bits per heavy atom. The van der Waals surface area contributed by atoms with Crippen molar-refractivity contribution in [3.05, 3.63) is 5.28 Å². The number of anilines is 3. The third-order valence-corrected chi connectivity index (χ3v) is 5.11. The van der Waals surface area contributed by atoms with Crippen LogP contribution in [0.2, 0.25) is 5.28 Å². The van der Waals surface area contributed by atoms with Crippen LogP contribution < -0.4 is 16.0 Å². The van der Waals surface area contributed by atoms with E-state index in [0.29, 0.717) is 11.5 Å². The molecule has 2 aliphatic heterocycles. The predicted octanol–water partition coefficient (Wildman–Crippen LogP) is 0.557. The zero-order valence-corrected chi connectivity index (χ0v) is 16.4. The van der Waals surface area contributed by atoms with Gasteiger partial charge in [-0.1, -0.05) is 0 Å². The van der Waals surface area contributed by atoms with Gasteiger partial charge < -0.3 is 39.9 Å². The van der Waals surface area contributed by atoms with E-state index in [1.165, 1.54) is 4.90 Å². The number of aromatic nitrogens is 2. The molecule has 11 nitrogen and oxygen atoms in total. The van der Waals surface area contributed by atoms with Gasteiger partial charge in [0.15, 0.2) is 17.9 Å². The van der Waals surface area contributed by atoms with E-state index < -0.39 is 38.7 Å². The lowest BCUT2D eigenvalue weighted by atomic mass is 10.2. The highest BCUT2D eigenvalue weighted by molar-refractivity contribution is 7.46. The van der Waals surface area contributed by atoms with Crippen molar-refractivity contribution in [1.29, 1.82) is 0 Å². The van der Waals surface area contributed by atoms with Crippen molar-refractivity contribution in [3.8, 4) is 0 Å². The summed E-state index contributed by atoms with van der Waals surface area (Å²) in [7, 11) is -2.72. The van der Waals surface area contributed by atoms with Gasteiger partial charge in [0.05, 0.1) is 26.0 Å². The number of hydrogen-bond donors (Lipinski definition) is 4. The molecule has 28 heavy (non-hydrogen) atoms. The first-order valence-electron chi connectivity index (χ1n) is 8.40. The van der Waals surface area contributed by atoms with Gasteiger partial charge in [0.1, 0.15) is 11.9 Å². The van der Waals surface area contributed by atoms with E-state index in [-0.39, 0.29) is 37.4 Å². The maximum Gasteiger partial charge on any atom is 0.344 e. The molecule has 1 fully saturated rings. The molecule has 0 spiro atoms. The topological polar surface area (TPSA) is 152 Å². The molecule has 3 heterocycles. The van der Waals surface area contributed by atoms with Crippen LogP contribution in [-0.2, 0) is 19.0 Å². The van der Waals surface area contributed by atoms with Crippen LogP contribution in [0.4, 0.5) is 21.7 Å². The van der Waals surface area contributed by atoms with E-state index in [1.807, 2.05) is 0 Å². The van der Waals surface area contributed by atoms with Crippen molar-refractivity contribution in [2.24, 2.45) is 0 Å². The molecule has 0 aromatic carbocycles. The average Bonchev–Trinajstić information content (AvgIpc) is 3.18. The molecule has 2 aliphatic rings. The van der Waals surface area contributed by atoms with E-state index in [1.54, 1.807) is 6.92 Å². The van der Waals surface area contributed by atoms with Gasteiger partial charge >= 0.3 is 5.97 Å². The number of hydrogen-bond acceptors (Lipinski definition) is 11. The van der Waals surface area contributed by atoms with Gasteiger partial charge in [-0.3, -0.25) is 0 Å². The van der Waals surface area contributed by atoms with E-state index in [2.05, 4.69) is 15.3 Å². The number of nitrogens with zero attached hydrogens (tertiary/aromatic N) is 3. The Morgan fingerprint density at radius 3 is 3.00 bits per heavy atom. The number of alkyl halides is 1. The Morgan fingerprint density at radius 2 is 2.32 bits per heavy atom. The fraction of sp³-hybridized carbons (Fsp3) is 0.643. The molecule has 156 valence electrons. The summed E-state index contributed by atoms with van der Waals surface area (Å²) in [6.07, 6.45) is -3.11. The van der Waals surface area contributed by atoms with Crippen LogP contribution in [0.3, 0.4) is 0 Å². The molecule has 14 heteroatoms. The second-order valence-electron chi connectivity index (χ2n) is 6.04. The number of nitrogens with one attached hydrogen (secondary N) is 1. The summed E-state index contributed by atoms with van der Waals surface area (Å²) in [5, 5.41) is 2.89. The van der Waals surface area contributed by atoms with Gasteiger partial charge in [0.25, 0.3) is 0 Å². The van der Waals surface area contributed by atoms with Crippen LogP contribution in [0.15, 0.2) is 0 Å². The monoisotopic (exact) mass is 439 g/mol. The molecule has 1 saturated heterocycles. The van der Waals surface area contributed by atoms with Gasteiger partial charge in [-0.05, 0) is 18.5 Å². The molecule has 0 bridgehead atoms. The molecule has 3 rings (SSSR count). The summed E-state index contributed by atoms with van der Waals surface area (Å²) < 4.78 is 30.3. The molecule has 0 amide bonds. The SMILES string of the molecule is CCOC(=O)C(OCC1CC(F)C(N2CNc3c(N)nc(Cl)nc32)O1)P(O)O. The zero-order valence-electron chi connectivity index (χ0n) is 14.8. The third-order valence-electron chi connectivity index (χ3n) is 4.16. The molecule has 0 saturated carbocycles. The Hall–Kier alpha value is -1.56. The van der Waals surface area contributed by atoms with Crippen molar-refractivity contribution in [2.75, 3.05) is 35.8 Å². The number of carbonyl (C=O) groups excluding carboxylic acids is 1. The standard InChI is InChI=1S/C14H20ClFN5O6P/c1-2-25-12(22)13(28(23)24)26-4-6-3-7(16)11(27-6)21-5-18-8-9(17)19-14(15)20-10(8)21/h6-7,11,13,18,23-24H,2-5H2,1H3,(H2,17,19,20). The van der Waals surface area contributed by atoms with E-state index in [0.717, 1.165) is 0 Å². The van der Waals surface area contributed by atoms with Gasteiger partial charge in [-0.15, -0.1) is 0 Å². The van der Waals surface area contributed by atoms with Crippen molar-refractivity contribution in [1.82, 2.24) is 9.97 Å². The number of fused-ring (bicyclic) bond motifs is 1. The molecular formula is C14H20ClFN5O6P. The second-order valence-corrected chi connectivity index (χ2v) is 7.49. The highest BCUT2D eigenvalue weighted by atomic mass is 35.5. The van der Waals surface area contributed by atoms with Crippen molar-refractivity contribution in [2.45, 2.75) is 37.7 Å². The zero-order chi connectivity index (χ0) is 20.4. The van der Waals surface area contributed by atoms with Gasteiger partial charge in [-0.2, -0.15) is 9.97 Å². The normalized spacial score (nSPS) is 24.9. The minimum atomic E-state index is -2.72. The second kappa shape index (κ2) is 8.85. The number of ether oxygens (including phenoxy) is 3. The number of nitrogens with two attached hydrogens (primary N) is 1. The maximum absolute atomic E-state index is 14.6. The van der Waals surface area contributed by atoms with Crippen LogP contribution in [0, 0.1) is 0 Å². The maximum atomic E-state index is 14.6. The van der Waals surface area contributed by atoms with Gasteiger partial charge in [-0.25, -0.2) is 9.18 Å². The lowest BCUT2D eigenvalue weighted by Gasteiger charge is -2.26. The molecule has 5 N–H and O–H groups in total. The van der Waals surface area contributed by atoms with Crippen molar-refractivity contribution in [3.63, 3.8) is 0 Å². The molecule has 1 aromatic heterocycles. The Balaban J connectivity index is 1.64. The van der Waals surface area contributed by atoms with Crippen LogP contribution in [0.5, 0.6) is 0 Å². The minimum absolute atomic E-state index is 0.0187. The molecule has 0 aliphatic carbocycles. The molecular weight excluding hydrogens is 420 g/mol. The molecule has 4 unspecified atom stereocenters. The Labute approximate surface area is 165 Å². The number of rotatable bonds is 7. The Bertz CT molecular complexity index is 734. The van der Waals surface area contributed by atoms with E-state index in [4.69, 9.17) is 31.5 Å². The van der Waals surface area contributed by atoms with Crippen LogP contribution in [-0.4, -0.2) is 70.0 Å². The summed E-state index contributed by atoms with van der Waals surface area (Å²) in [5.74, 6) is -1.98. The number of carbonyl (C=O) groups is 1. The fourth-order valence-electron chi connectivity index (χ4n) is 2.99. The third kappa shape index (κ3) is 4.37. The summed E-state index contributed by atoms with van der Waals surface area (Å²) in [6.45, 7) is 1.61. The largest absolute Gasteiger partial charge is 0.464 e. The smallest absolute Gasteiger partial charge is 0.344 e. The lowest BCUT2D eigenvalue weighted by Crippen LogP contribution is -2.40.